The average Bonchev–Trinajstić information content (AvgIpc) is 2.87. The molecule has 0 radical (unpaired) electrons. The molecule has 1 heterocycles. The molecule has 2 amide bonds. The lowest BCUT2D eigenvalue weighted by Crippen LogP contribution is -2.33. The van der Waals surface area contributed by atoms with Crippen molar-refractivity contribution in [3.63, 3.8) is 0 Å². The Balaban J connectivity index is 1.95. The van der Waals surface area contributed by atoms with Crippen molar-refractivity contribution in [1.29, 1.82) is 0 Å². The number of fused-ring (bicyclic) bond motifs is 3. The molecule has 124 valence electrons. The number of likely N-dealkylation sites (N-methyl/N-ethyl adjacent to an activating group) is 1. The maximum absolute atomic E-state index is 12.1. The van der Waals surface area contributed by atoms with Crippen LogP contribution < -0.4 is 5.32 Å². The van der Waals surface area contributed by atoms with Gasteiger partial charge in [0.1, 0.15) is 0 Å². The summed E-state index contributed by atoms with van der Waals surface area (Å²) in [4.78, 5) is 24.7. The van der Waals surface area contributed by atoms with E-state index in [4.69, 9.17) is 0 Å². The first-order valence-corrected chi connectivity index (χ1v) is 8.03. The van der Waals surface area contributed by atoms with Gasteiger partial charge in [0.2, 0.25) is 11.8 Å². The quantitative estimate of drug-likeness (QED) is 0.801. The lowest BCUT2D eigenvalue weighted by atomic mass is 10.1. The Hall–Kier alpha value is -2.82. The third kappa shape index (κ3) is 2.85. The summed E-state index contributed by atoms with van der Waals surface area (Å²) >= 11 is 0. The van der Waals surface area contributed by atoms with E-state index in [9.17, 15) is 9.59 Å². The zero-order valence-corrected chi connectivity index (χ0v) is 14.2. The van der Waals surface area contributed by atoms with Gasteiger partial charge in [0.15, 0.2) is 0 Å². The van der Waals surface area contributed by atoms with Gasteiger partial charge >= 0.3 is 0 Å². The summed E-state index contributed by atoms with van der Waals surface area (Å²) in [5, 5.41) is 5.16. The third-order valence-corrected chi connectivity index (χ3v) is 4.29. The van der Waals surface area contributed by atoms with Crippen LogP contribution in [0.5, 0.6) is 0 Å². The van der Waals surface area contributed by atoms with Gasteiger partial charge in [-0.3, -0.25) is 9.59 Å². The molecule has 0 aliphatic rings. The number of aryl methyl sites for hydroxylation is 1. The minimum Gasteiger partial charge on any atom is -0.341 e. The van der Waals surface area contributed by atoms with Gasteiger partial charge in [-0.25, -0.2) is 0 Å². The summed E-state index contributed by atoms with van der Waals surface area (Å²) in [6, 6.07) is 14.2. The van der Waals surface area contributed by atoms with Crippen molar-refractivity contribution in [3.8, 4) is 0 Å². The van der Waals surface area contributed by atoms with E-state index in [1.165, 1.54) is 22.7 Å². The number of nitrogens with zero attached hydrogens (tertiary/aromatic N) is 2. The van der Waals surface area contributed by atoms with Crippen LogP contribution in [0.15, 0.2) is 42.5 Å². The fraction of sp³-hybridized carbons (Fsp3) is 0.263. The van der Waals surface area contributed by atoms with Crippen molar-refractivity contribution in [2.45, 2.75) is 20.4 Å². The van der Waals surface area contributed by atoms with E-state index in [0.717, 1.165) is 23.1 Å². The predicted molar refractivity (Wildman–Crippen MR) is 97.1 cm³/mol. The Morgan fingerprint density at radius 3 is 2.50 bits per heavy atom. The second-order valence-corrected chi connectivity index (χ2v) is 5.92. The molecule has 0 aliphatic heterocycles. The normalized spacial score (nSPS) is 11.0. The molecule has 0 saturated heterocycles. The van der Waals surface area contributed by atoms with Gasteiger partial charge in [-0.15, -0.1) is 0 Å². The van der Waals surface area contributed by atoms with Gasteiger partial charge in [0.25, 0.3) is 0 Å². The fourth-order valence-electron chi connectivity index (χ4n) is 3.00. The Kier molecular flexibility index (Phi) is 4.25. The van der Waals surface area contributed by atoms with Crippen LogP contribution in [0.1, 0.15) is 13.8 Å². The van der Waals surface area contributed by atoms with Crippen LogP contribution in [0.3, 0.4) is 0 Å². The van der Waals surface area contributed by atoms with Crippen molar-refractivity contribution in [3.05, 3.63) is 42.5 Å². The molecule has 0 aliphatic carbocycles. The maximum Gasteiger partial charge on any atom is 0.243 e. The van der Waals surface area contributed by atoms with E-state index < -0.39 is 0 Å². The highest BCUT2D eigenvalue weighted by Gasteiger charge is 2.12. The number of hydrogen-bond donors (Lipinski definition) is 1. The molecule has 3 rings (SSSR count). The van der Waals surface area contributed by atoms with E-state index in [1.807, 2.05) is 30.3 Å². The lowest BCUT2D eigenvalue weighted by Gasteiger charge is -2.14. The Labute approximate surface area is 140 Å². The fourth-order valence-corrected chi connectivity index (χ4v) is 3.00. The number of aromatic nitrogens is 1. The van der Waals surface area contributed by atoms with Crippen LogP contribution in [-0.2, 0) is 16.1 Å². The SMILES string of the molecule is CCn1c2ccccc2c2cc(NC(=O)CN(C)C(C)=O)ccc21. The predicted octanol–water partition coefficient (Wildman–Crippen LogP) is 3.23. The van der Waals surface area contributed by atoms with Gasteiger partial charge in [-0.2, -0.15) is 0 Å². The van der Waals surface area contributed by atoms with E-state index in [1.54, 1.807) is 7.05 Å². The number of carbonyl (C=O) groups excluding carboxylic acids is 2. The van der Waals surface area contributed by atoms with Gasteiger partial charge in [-0.05, 0) is 31.2 Å². The average molecular weight is 323 g/mol. The van der Waals surface area contributed by atoms with Crippen LogP contribution in [0, 0.1) is 0 Å². The standard InChI is InChI=1S/C19H21N3O2/c1-4-22-17-8-6-5-7-15(17)16-11-14(9-10-18(16)22)20-19(24)12-21(3)13(2)23/h5-11H,4,12H2,1-3H3,(H,20,24). The number of carbonyl (C=O) groups is 2. The molecule has 0 spiro atoms. The molecular weight excluding hydrogens is 302 g/mol. The molecule has 0 atom stereocenters. The summed E-state index contributed by atoms with van der Waals surface area (Å²) in [5.74, 6) is -0.335. The van der Waals surface area contributed by atoms with Crippen molar-refractivity contribution in [2.24, 2.45) is 0 Å². The molecule has 1 N–H and O–H groups in total. The van der Waals surface area contributed by atoms with Gasteiger partial charge < -0.3 is 14.8 Å². The molecule has 0 fully saturated rings. The van der Waals surface area contributed by atoms with Crippen molar-refractivity contribution < 1.29 is 9.59 Å². The van der Waals surface area contributed by atoms with E-state index in [-0.39, 0.29) is 18.4 Å². The molecular formula is C19H21N3O2. The summed E-state index contributed by atoms with van der Waals surface area (Å²) in [6.07, 6.45) is 0. The Bertz CT molecular complexity index is 927. The minimum atomic E-state index is -0.203. The summed E-state index contributed by atoms with van der Waals surface area (Å²) < 4.78 is 2.26. The van der Waals surface area contributed by atoms with Crippen LogP contribution in [0.2, 0.25) is 0 Å². The van der Waals surface area contributed by atoms with Crippen LogP contribution >= 0.6 is 0 Å². The van der Waals surface area contributed by atoms with Crippen molar-refractivity contribution in [2.75, 3.05) is 18.9 Å². The first kappa shape index (κ1) is 16.1. The van der Waals surface area contributed by atoms with Gasteiger partial charge in [-0.1, -0.05) is 18.2 Å². The molecule has 0 bridgehead atoms. The largest absolute Gasteiger partial charge is 0.341 e. The number of anilines is 1. The smallest absolute Gasteiger partial charge is 0.243 e. The van der Waals surface area contributed by atoms with E-state index in [2.05, 4.69) is 28.9 Å². The molecule has 2 aromatic carbocycles. The summed E-state index contributed by atoms with van der Waals surface area (Å²) in [7, 11) is 1.61. The first-order valence-electron chi connectivity index (χ1n) is 8.03. The number of benzene rings is 2. The van der Waals surface area contributed by atoms with Crippen LogP contribution in [0.4, 0.5) is 5.69 Å². The van der Waals surface area contributed by atoms with E-state index >= 15 is 0 Å². The molecule has 0 saturated carbocycles. The number of amides is 2. The highest BCUT2D eigenvalue weighted by Crippen LogP contribution is 2.30. The molecule has 3 aromatic rings. The zero-order valence-electron chi connectivity index (χ0n) is 14.2. The first-order chi connectivity index (χ1) is 11.5. The Morgan fingerprint density at radius 1 is 1.08 bits per heavy atom. The zero-order chi connectivity index (χ0) is 17.3. The second kappa shape index (κ2) is 6.35. The topological polar surface area (TPSA) is 54.3 Å². The van der Waals surface area contributed by atoms with Crippen molar-refractivity contribution in [1.82, 2.24) is 9.47 Å². The van der Waals surface area contributed by atoms with E-state index in [0.29, 0.717) is 0 Å². The molecule has 0 unspecified atom stereocenters. The molecule has 24 heavy (non-hydrogen) atoms. The molecule has 5 heteroatoms. The number of para-hydroxylation sites is 1. The highest BCUT2D eigenvalue weighted by molar-refractivity contribution is 6.09. The number of hydrogen-bond acceptors (Lipinski definition) is 2. The maximum atomic E-state index is 12.1. The lowest BCUT2D eigenvalue weighted by molar-refractivity contribution is -0.131. The van der Waals surface area contributed by atoms with Crippen LogP contribution in [0.25, 0.3) is 21.8 Å². The van der Waals surface area contributed by atoms with Gasteiger partial charge in [0, 0.05) is 48.0 Å². The van der Waals surface area contributed by atoms with Crippen molar-refractivity contribution >= 4 is 39.3 Å². The molecule has 1 aromatic heterocycles. The summed E-state index contributed by atoms with van der Waals surface area (Å²) in [6.45, 7) is 4.50. The second-order valence-electron chi connectivity index (χ2n) is 5.92. The van der Waals surface area contributed by atoms with Crippen LogP contribution in [-0.4, -0.2) is 34.9 Å². The number of nitrogens with one attached hydrogen (secondary N) is 1. The Morgan fingerprint density at radius 2 is 1.79 bits per heavy atom. The minimum absolute atomic E-state index is 0.0457. The van der Waals surface area contributed by atoms with Gasteiger partial charge in [0.05, 0.1) is 6.54 Å². The third-order valence-electron chi connectivity index (χ3n) is 4.29. The molecule has 5 nitrogen and oxygen atoms in total. The summed E-state index contributed by atoms with van der Waals surface area (Å²) in [5.41, 5.74) is 3.08. The monoisotopic (exact) mass is 323 g/mol. The number of rotatable bonds is 4. The highest BCUT2D eigenvalue weighted by atomic mass is 16.2.